The molecule has 0 aromatic heterocycles. The Morgan fingerprint density at radius 1 is 1.13 bits per heavy atom. The predicted molar refractivity (Wildman–Crippen MR) is 89.0 cm³/mol. The number of nitrogens with one attached hydrogen (secondary N) is 1. The lowest BCUT2D eigenvalue weighted by Crippen LogP contribution is -2.38. The number of carbonyl (C=O) groups excluding carboxylic acids is 2. The summed E-state index contributed by atoms with van der Waals surface area (Å²) in [6.45, 7) is 0.517. The standard InChI is InChI=1S/C17H13N3O2S/c18-11-23-14-7-5-13(6-8-14)19-16(21)17(22)20-10-9-12-3-1-2-4-15(12)20/h1-8H,9-10H2,(H,19,21). The molecule has 6 heteroatoms. The van der Waals surface area contributed by atoms with E-state index in [2.05, 4.69) is 5.32 Å². The van der Waals surface area contributed by atoms with Crippen LogP contribution >= 0.6 is 11.8 Å². The molecule has 1 N–H and O–H groups in total. The van der Waals surface area contributed by atoms with E-state index in [0.29, 0.717) is 12.2 Å². The lowest BCUT2D eigenvalue weighted by atomic mass is 10.2. The number of hydrogen-bond donors (Lipinski definition) is 1. The van der Waals surface area contributed by atoms with Gasteiger partial charge in [-0.2, -0.15) is 5.26 Å². The Balaban J connectivity index is 1.69. The average Bonchev–Trinajstić information content (AvgIpc) is 3.00. The van der Waals surface area contributed by atoms with E-state index in [1.54, 1.807) is 24.3 Å². The second-order valence-corrected chi connectivity index (χ2v) is 5.87. The van der Waals surface area contributed by atoms with Crippen LogP contribution in [0.2, 0.25) is 0 Å². The fraction of sp³-hybridized carbons (Fsp3) is 0.118. The summed E-state index contributed by atoms with van der Waals surface area (Å²) in [5.74, 6) is -1.23. The quantitative estimate of drug-likeness (QED) is 0.524. The largest absolute Gasteiger partial charge is 0.318 e. The number of amides is 2. The van der Waals surface area contributed by atoms with Crippen LogP contribution in [0, 0.1) is 10.7 Å². The van der Waals surface area contributed by atoms with Crippen LogP contribution in [0.4, 0.5) is 11.4 Å². The summed E-state index contributed by atoms with van der Waals surface area (Å²) in [6.07, 6.45) is 0.759. The lowest BCUT2D eigenvalue weighted by molar-refractivity contribution is -0.134. The van der Waals surface area contributed by atoms with Crippen LogP contribution in [0.25, 0.3) is 0 Å². The van der Waals surface area contributed by atoms with E-state index in [4.69, 9.17) is 5.26 Å². The zero-order valence-corrected chi connectivity index (χ0v) is 13.0. The first kappa shape index (κ1) is 15.1. The molecule has 0 aliphatic carbocycles. The van der Waals surface area contributed by atoms with Gasteiger partial charge >= 0.3 is 11.8 Å². The molecule has 114 valence electrons. The zero-order valence-electron chi connectivity index (χ0n) is 12.2. The van der Waals surface area contributed by atoms with Gasteiger partial charge in [0.05, 0.1) is 0 Å². The van der Waals surface area contributed by atoms with E-state index in [-0.39, 0.29) is 0 Å². The van der Waals surface area contributed by atoms with Gasteiger partial charge in [0, 0.05) is 22.8 Å². The van der Waals surface area contributed by atoms with E-state index in [9.17, 15) is 9.59 Å². The number of nitriles is 1. The Labute approximate surface area is 137 Å². The van der Waals surface area contributed by atoms with Gasteiger partial charge in [0.2, 0.25) is 0 Å². The van der Waals surface area contributed by atoms with Crippen molar-refractivity contribution >= 4 is 35.0 Å². The number of anilines is 2. The maximum absolute atomic E-state index is 12.3. The van der Waals surface area contributed by atoms with Gasteiger partial charge in [0.25, 0.3) is 0 Å². The van der Waals surface area contributed by atoms with Gasteiger partial charge in [0.1, 0.15) is 5.40 Å². The lowest BCUT2D eigenvalue weighted by Gasteiger charge is -2.16. The summed E-state index contributed by atoms with van der Waals surface area (Å²) >= 11 is 1.04. The third-order valence-electron chi connectivity index (χ3n) is 3.60. The molecule has 0 fully saturated rings. The van der Waals surface area contributed by atoms with E-state index in [1.165, 1.54) is 4.90 Å². The Bertz CT molecular complexity index is 796. The molecule has 0 saturated heterocycles. The molecule has 2 aromatic rings. The number of fused-ring (bicyclic) bond motifs is 1. The molecule has 1 heterocycles. The summed E-state index contributed by atoms with van der Waals surface area (Å²) in [4.78, 5) is 26.8. The van der Waals surface area contributed by atoms with Crippen molar-refractivity contribution in [2.24, 2.45) is 0 Å². The highest BCUT2D eigenvalue weighted by Gasteiger charge is 2.28. The third kappa shape index (κ3) is 3.20. The molecule has 5 nitrogen and oxygen atoms in total. The van der Waals surface area contributed by atoms with Crippen molar-refractivity contribution in [3.05, 3.63) is 54.1 Å². The number of hydrogen-bond acceptors (Lipinski definition) is 4. The molecule has 2 aromatic carbocycles. The van der Waals surface area contributed by atoms with Crippen molar-refractivity contribution in [1.29, 1.82) is 5.26 Å². The van der Waals surface area contributed by atoms with E-state index in [0.717, 1.165) is 34.3 Å². The number of thioether (sulfide) groups is 1. The Hall–Kier alpha value is -2.78. The highest BCUT2D eigenvalue weighted by atomic mass is 32.2. The minimum Gasteiger partial charge on any atom is -0.318 e. The van der Waals surface area contributed by atoms with Crippen LogP contribution in [-0.2, 0) is 16.0 Å². The first-order valence-corrected chi connectivity index (χ1v) is 7.87. The summed E-state index contributed by atoms with van der Waals surface area (Å²) in [6, 6.07) is 14.4. The first-order chi connectivity index (χ1) is 11.2. The average molecular weight is 323 g/mol. The van der Waals surface area contributed by atoms with E-state index >= 15 is 0 Å². The van der Waals surface area contributed by atoms with Crippen molar-refractivity contribution in [1.82, 2.24) is 0 Å². The Morgan fingerprint density at radius 3 is 2.61 bits per heavy atom. The SMILES string of the molecule is N#CSc1ccc(NC(=O)C(=O)N2CCc3ccccc32)cc1. The van der Waals surface area contributed by atoms with Gasteiger partial charge < -0.3 is 10.2 Å². The van der Waals surface area contributed by atoms with Crippen LogP contribution in [0.5, 0.6) is 0 Å². The van der Waals surface area contributed by atoms with Gasteiger partial charge in [-0.05, 0) is 54.1 Å². The summed E-state index contributed by atoms with van der Waals surface area (Å²) < 4.78 is 0. The molecular formula is C17H13N3O2S. The van der Waals surface area contributed by atoms with Crippen molar-refractivity contribution in [3.63, 3.8) is 0 Å². The monoisotopic (exact) mass is 323 g/mol. The number of benzene rings is 2. The maximum atomic E-state index is 12.3. The molecule has 3 rings (SSSR count). The number of thiocyanates is 1. The van der Waals surface area contributed by atoms with Gasteiger partial charge in [-0.3, -0.25) is 9.59 Å². The summed E-state index contributed by atoms with van der Waals surface area (Å²) in [5, 5.41) is 13.2. The topological polar surface area (TPSA) is 73.2 Å². The summed E-state index contributed by atoms with van der Waals surface area (Å²) in [7, 11) is 0. The molecule has 1 aliphatic rings. The van der Waals surface area contributed by atoms with E-state index in [1.807, 2.05) is 29.7 Å². The zero-order chi connectivity index (χ0) is 16.2. The fourth-order valence-electron chi connectivity index (χ4n) is 2.52. The number of nitrogens with zero attached hydrogens (tertiary/aromatic N) is 2. The van der Waals surface area contributed by atoms with Gasteiger partial charge in [-0.15, -0.1) is 0 Å². The molecule has 2 amide bonds. The van der Waals surface area contributed by atoms with Crippen molar-refractivity contribution in [2.45, 2.75) is 11.3 Å². The number of para-hydroxylation sites is 1. The Kier molecular flexibility index (Phi) is 4.31. The molecule has 0 radical (unpaired) electrons. The molecule has 1 aliphatic heterocycles. The fourth-order valence-corrected chi connectivity index (χ4v) is 2.89. The second kappa shape index (κ2) is 6.55. The minimum atomic E-state index is -0.664. The minimum absolute atomic E-state index is 0.517. The van der Waals surface area contributed by atoms with Crippen LogP contribution in [0.3, 0.4) is 0 Å². The molecule has 0 atom stereocenters. The van der Waals surface area contributed by atoms with Crippen molar-refractivity contribution in [2.75, 3.05) is 16.8 Å². The van der Waals surface area contributed by atoms with Gasteiger partial charge in [-0.1, -0.05) is 18.2 Å². The smallest absolute Gasteiger partial charge is 0.316 e. The van der Waals surface area contributed by atoms with Crippen molar-refractivity contribution in [3.8, 4) is 5.40 Å². The third-order valence-corrected chi connectivity index (χ3v) is 4.20. The van der Waals surface area contributed by atoms with Crippen LogP contribution in [0.15, 0.2) is 53.4 Å². The summed E-state index contributed by atoms with van der Waals surface area (Å²) in [5.41, 5.74) is 2.40. The molecule has 0 spiro atoms. The molecule has 0 bridgehead atoms. The van der Waals surface area contributed by atoms with Crippen LogP contribution in [-0.4, -0.2) is 18.4 Å². The Morgan fingerprint density at radius 2 is 1.87 bits per heavy atom. The molecule has 23 heavy (non-hydrogen) atoms. The van der Waals surface area contributed by atoms with Crippen LogP contribution < -0.4 is 10.2 Å². The molecule has 0 unspecified atom stereocenters. The predicted octanol–water partition coefficient (Wildman–Crippen LogP) is 2.79. The van der Waals surface area contributed by atoms with Gasteiger partial charge in [-0.25, -0.2) is 0 Å². The molecular weight excluding hydrogens is 310 g/mol. The van der Waals surface area contributed by atoms with E-state index < -0.39 is 11.8 Å². The second-order valence-electron chi connectivity index (χ2n) is 5.01. The number of rotatable bonds is 2. The maximum Gasteiger partial charge on any atom is 0.316 e. The number of carbonyl (C=O) groups is 2. The molecule has 0 saturated carbocycles. The normalized spacial score (nSPS) is 12.4. The van der Waals surface area contributed by atoms with Crippen molar-refractivity contribution < 1.29 is 9.59 Å². The highest BCUT2D eigenvalue weighted by molar-refractivity contribution is 8.03. The first-order valence-electron chi connectivity index (χ1n) is 7.06. The van der Waals surface area contributed by atoms with Crippen LogP contribution in [0.1, 0.15) is 5.56 Å². The highest BCUT2D eigenvalue weighted by Crippen LogP contribution is 2.27. The van der Waals surface area contributed by atoms with Gasteiger partial charge in [0.15, 0.2) is 0 Å².